The number of ether oxygens (including phenoxy) is 1. The van der Waals surface area contributed by atoms with Gasteiger partial charge in [-0.2, -0.15) is 0 Å². The van der Waals surface area contributed by atoms with Crippen LogP contribution < -0.4 is 4.74 Å². The molecular formula is C16H25BrO. The molecule has 0 aliphatic carbocycles. The molecule has 0 aliphatic heterocycles. The Bertz CT molecular complexity index is 366. The highest BCUT2D eigenvalue weighted by Gasteiger charge is 2.18. The Kier molecular flexibility index (Phi) is 6.20. The monoisotopic (exact) mass is 312 g/mol. The Balaban J connectivity index is 2.65. The van der Waals surface area contributed by atoms with E-state index in [1.54, 1.807) is 0 Å². The molecule has 0 spiro atoms. The zero-order chi connectivity index (χ0) is 13.6. The predicted molar refractivity (Wildman–Crippen MR) is 83.0 cm³/mol. The van der Waals surface area contributed by atoms with Gasteiger partial charge in [0.2, 0.25) is 0 Å². The maximum Gasteiger partial charge on any atom is 0.123 e. The average molecular weight is 313 g/mol. The molecular weight excluding hydrogens is 288 g/mol. The molecule has 0 bridgehead atoms. The van der Waals surface area contributed by atoms with Crippen molar-refractivity contribution in [3.8, 4) is 5.75 Å². The third-order valence-electron chi connectivity index (χ3n) is 2.98. The molecule has 0 atom stereocenters. The van der Waals surface area contributed by atoms with E-state index in [-0.39, 0.29) is 5.41 Å². The standard InChI is InChI=1S/C16H25BrO/c1-13-8-9-14(16(2,3)4)15(12-13)18-11-7-5-6-10-17/h8-9,12H,5-7,10-11H2,1-4H3. The Morgan fingerprint density at radius 2 is 1.83 bits per heavy atom. The van der Waals surface area contributed by atoms with Crippen LogP contribution in [0.4, 0.5) is 0 Å². The molecule has 0 amide bonds. The molecule has 0 fully saturated rings. The van der Waals surface area contributed by atoms with Gasteiger partial charge in [0, 0.05) is 5.33 Å². The second-order valence-corrected chi connectivity index (χ2v) is 6.64. The van der Waals surface area contributed by atoms with Gasteiger partial charge in [-0.05, 0) is 48.8 Å². The van der Waals surface area contributed by atoms with Crippen LogP contribution in [0.5, 0.6) is 5.75 Å². The molecule has 2 heteroatoms. The van der Waals surface area contributed by atoms with Crippen molar-refractivity contribution < 1.29 is 4.74 Å². The zero-order valence-electron chi connectivity index (χ0n) is 12.1. The summed E-state index contributed by atoms with van der Waals surface area (Å²) in [5.41, 5.74) is 2.70. The molecule has 0 saturated carbocycles. The molecule has 1 nitrogen and oxygen atoms in total. The van der Waals surface area contributed by atoms with Gasteiger partial charge in [0.15, 0.2) is 0 Å². The Hall–Kier alpha value is -0.500. The van der Waals surface area contributed by atoms with Crippen LogP contribution in [0.25, 0.3) is 0 Å². The SMILES string of the molecule is Cc1ccc(C(C)(C)C)c(OCCCCCBr)c1. The molecule has 0 aromatic heterocycles. The van der Waals surface area contributed by atoms with Crippen molar-refractivity contribution in [2.75, 3.05) is 11.9 Å². The third kappa shape index (κ3) is 5.01. The van der Waals surface area contributed by atoms with Crippen molar-refractivity contribution in [1.82, 2.24) is 0 Å². The summed E-state index contributed by atoms with van der Waals surface area (Å²) in [6, 6.07) is 6.52. The highest BCUT2D eigenvalue weighted by Crippen LogP contribution is 2.32. The van der Waals surface area contributed by atoms with Crippen molar-refractivity contribution in [3.63, 3.8) is 0 Å². The van der Waals surface area contributed by atoms with Crippen LogP contribution in [0.2, 0.25) is 0 Å². The van der Waals surface area contributed by atoms with Crippen molar-refractivity contribution in [3.05, 3.63) is 29.3 Å². The van der Waals surface area contributed by atoms with E-state index in [0.717, 1.165) is 24.1 Å². The van der Waals surface area contributed by atoms with E-state index < -0.39 is 0 Å². The number of halogens is 1. The van der Waals surface area contributed by atoms with Gasteiger partial charge in [0.1, 0.15) is 5.75 Å². The average Bonchev–Trinajstić information content (AvgIpc) is 2.27. The van der Waals surface area contributed by atoms with Crippen molar-refractivity contribution in [2.45, 2.75) is 52.4 Å². The van der Waals surface area contributed by atoms with Crippen LogP contribution in [0.15, 0.2) is 18.2 Å². The van der Waals surface area contributed by atoms with Gasteiger partial charge < -0.3 is 4.74 Å². The fourth-order valence-corrected chi connectivity index (χ4v) is 2.32. The molecule has 1 aromatic carbocycles. The quantitative estimate of drug-likeness (QED) is 0.516. The zero-order valence-corrected chi connectivity index (χ0v) is 13.6. The van der Waals surface area contributed by atoms with E-state index in [2.05, 4.69) is 61.8 Å². The van der Waals surface area contributed by atoms with Gasteiger partial charge in [0.25, 0.3) is 0 Å². The minimum absolute atomic E-state index is 0.138. The second-order valence-electron chi connectivity index (χ2n) is 5.85. The van der Waals surface area contributed by atoms with Crippen molar-refractivity contribution in [1.29, 1.82) is 0 Å². The van der Waals surface area contributed by atoms with E-state index >= 15 is 0 Å². The summed E-state index contributed by atoms with van der Waals surface area (Å²) in [6.45, 7) is 9.63. The summed E-state index contributed by atoms with van der Waals surface area (Å²) in [4.78, 5) is 0. The molecule has 102 valence electrons. The predicted octanol–water partition coefficient (Wildman–Crippen LogP) is 5.24. The highest BCUT2D eigenvalue weighted by molar-refractivity contribution is 9.09. The minimum Gasteiger partial charge on any atom is -0.493 e. The van der Waals surface area contributed by atoms with Crippen LogP contribution in [0, 0.1) is 6.92 Å². The van der Waals surface area contributed by atoms with Crippen LogP contribution in [-0.2, 0) is 5.41 Å². The molecule has 0 aliphatic rings. The van der Waals surface area contributed by atoms with Crippen LogP contribution in [0.1, 0.15) is 51.2 Å². The lowest BCUT2D eigenvalue weighted by Gasteiger charge is -2.23. The normalized spacial score (nSPS) is 11.6. The summed E-state index contributed by atoms with van der Waals surface area (Å²) in [5.74, 6) is 1.06. The number of hydrogen-bond acceptors (Lipinski definition) is 1. The molecule has 0 unspecified atom stereocenters. The molecule has 1 aromatic rings. The summed E-state index contributed by atoms with van der Waals surface area (Å²) in [6.07, 6.45) is 3.58. The summed E-state index contributed by atoms with van der Waals surface area (Å²) in [7, 11) is 0. The van der Waals surface area contributed by atoms with E-state index in [4.69, 9.17) is 4.74 Å². The molecule has 0 saturated heterocycles. The fraction of sp³-hybridized carbons (Fsp3) is 0.625. The maximum atomic E-state index is 5.98. The lowest BCUT2D eigenvalue weighted by atomic mass is 9.86. The summed E-state index contributed by atoms with van der Waals surface area (Å²) < 4.78 is 5.98. The Morgan fingerprint density at radius 1 is 1.11 bits per heavy atom. The van der Waals surface area contributed by atoms with Gasteiger partial charge in [-0.3, -0.25) is 0 Å². The van der Waals surface area contributed by atoms with Gasteiger partial charge in [-0.25, -0.2) is 0 Å². The Labute approximate surface area is 120 Å². The Morgan fingerprint density at radius 3 is 2.44 bits per heavy atom. The fourth-order valence-electron chi connectivity index (χ4n) is 1.92. The first kappa shape index (κ1) is 15.6. The molecule has 0 radical (unpaired) electrons. The first-order chi connectivity index (χ1) is 8.45. The number of unbranched alkanes of at least 4 members (excludes halogenated alkanes) is 2. The molecule has 0 N–H and O–H groups in total. The minimum atomic E-state index is 0.138. The van der Waals surface area contributed by atoms with E-state index in [9.17, 15) is 0 Å². The topological polar surface area (TPSA) is 9.23 Å². The number of alkyl halides is 1. The molecule has 1 rings (SSSR count). The number of rotatable bonds is 6. The number of aryl methyl sites for hydroxylation is 1. The van der Waals surface area contributed by atoms with Gasteiger partial charge in [-0.1, -0.05) is 48.8 Å². The second kappa shape index (κ2) is 7.18. The first-order valence-corrected chi connectivity index (χ1v) is 7.87. The van der Waals surface area contributed by atoms with Gasteiger partial charge >= 0.3 is 0 Å². The van der Waals surface area contributed by atoms with Crippen molar-refractivity contribution in [2.24, 2.45) is 0 Å². The number of hydrogen-bond donors (Lipinski definition) is 0. The molecule has 0 heterocycles. The maximum absolute atomic E-state index is 5.98. The largest absolute Gasteiger partial charge is 0.493 e. The van der Waals surface area contributed by atoms with Crippen LogP contribution in [0.3, 0.4) is 0 Å². The highest BCUT2D eigenvalue weighted by atomic mass is 79.9. The number of benzene rings is 1. The third-order valence-corrected chi connectivity index (χ3v) is 3.54. The van der Waals surface area contributed by atoms with E-state index in [1.165, 1.54) is 24.0 Å². The van der Waals surface area contributed by atoms with Crippen LogP contribution >= 0.6 is 15.9 Å². The van der Waals surface area contributed by atoms with E-state index in [1.807, 2.05) is 0 Å². The summed E-state index contributed by atoms with van der Waals surface area (Å²) in [5, 5.41) is 1.09. The smallest absolute Gasteiger partial charge is 0.123 e. The van der Waals surface area contributed by atoms with Gasteiger partial charge in [0.05, 0.1) is 6.61 Å². The first-order valence-electron chi connectivity index (χ1n) is 6.75. The summed E-state index contributed by atoms with van der Waals surface area (Å²) >= 11 is 3.45. The lowest BCUT2D eigenvalue weighted by Crippen LogP contribution is -2.14. The van der Waals surface area contributed by atoms with Gasteiger partial charge in [-0.15, -0.1) is 0 Å². The lowest BCUT2D eigenvalue weighted by molar-refractivity contribution is 0.298. The van der Waals surface area contributed by atoms with Crippen molar-refractivity contribution >= 4 is 15.9 Å². The molecule has 18 heavy (non-hydrogen) atoms. The van der Waals surface area contributed by atoms with Crippen LogP contribution in [-0.4, -0.2) is 11.9 Å². The van der Waals surface area contributed by atoms with E-state index in [0.29, 0.717) is 0 Å².